The molecule has 2 aliphatic rings. The van der Waals surface area contributed by atoms with Crippen molar-refractivity contribution in [2.24, 2.45) is 5.92 Å². The van der Waals surface area contributed by atoms with Gasteiger partial charge in [-0.2, -0.15) is 0 Å². The van der Waals surface area contributed by atoms with Crippen LogP contribution in [0.25, 0.3) is 0 Å². The minimum Gasteiger partial charge on any atom is -0.509 e. The van der Waals surface area contributed by atoms with Gasteiger partial charge in [0.2, 0.25) is 0 Å². The summed E-state index contributed by atoms with van der Waals surface area (Å²) in [4.78, 5) is 0. The number of fused-ring (bicyclic) bond motifs is 3. The Balaban J connectivity index is 2.08. The van der Waals surface area contributed by atoms with Crippen molar-refractivity contribution in [2.75, 3.05) is 11.9 Å². The highest BCUT2D eigenvalue weighted by Gasteiger charge is 2.42. The first kappa shape index (κ1) is 20.7. The van der Waals surface area contributed by atoms with Gasteiger partial charge in [-0.1, -0.05) is 51.6 Å². The summed E-state index contributed by atoms with van der Waals surface area (Å²) in [5.41, 5.74) is 4.53. The highest BCUT2D eigenvalue weighted by Crippen LogP contribution is 2.48. The maximum Gasteiger partial charge on any atom is 0.108 e. The first-order valence-corrected chi connectivity index (χ1v) is 10.1. The molecule has 0 spiro atoms. The maximum atomic E-state index is 9.78. The number of hydrogen-bond donors (Lipinski definition) is 3. The minimum atomic E-state index is -0.131. The summed E-state index contributed by atoms with van der Waals surface area (Å²) in [5.74, 6) is 0.262. The van der Waals surface area contributed by atoms with E-state index in [0.717, 1.165) is 29.7 Å². The van der Waals surface area contributed by atoms with E-state index in [1.165, 1.54) is 5.56 Å². The van der Waals surface area contributed by atoms with Gasteiger partial charge in [0.1, 0.15) is 5.76 Å². The van der Waals surface area contributed by atoms with Crippen molar-refractivity contribution in [2.45, 2.75) is 64.2 Å². The monoisotopic (exact) mass is 383 g/mol. The smallest absolute Gasteiger partial charge is 0.108 e. The molecular weight excluding hydrogens is 350 g/mol. The second-order valence-corrected chi connectivity index (χ2v) is 8.91. The molecule has 0 aliphatic carbocycles. The molecule has 4 unspecified atom stereocenters. The summed E-state index contributed by atoms with van der Waals surface area (Å²) in [7, 11) is 0. The average Bonchev–Trinajstić information content (AvgIpc) is 2.65. The summed E-state index contributed by atoms with van der Waals surface area (Å²) in [6.45, 7) is 12.3. The number of anilines is 1. The molecular formula is C24H33NO3. The molecule has 0 amide bonds. The predicted octanol–water partition coefficient (Wildman–Crippen LogP) is 5.18. The Bertz CT molecular complexity index is 788. The van der Waals surface area contributed by atoms with Crippen molar-refractivity contribution < 1.29 is 14.9 Å². The lowest BCUT2D eigenvalue weighted by Crippen LogP contribution is -2.45. The van der Waals surface area contributed by atoms with Crippen LogP contribution >= 0.6 is 0 Å². The van der Waals surface area contributed by atoms with Crippen LogP contribution in [0.15, 0.2) is 54.3 Å². The average molecular weight is 384 g/mol. The molecule has 1 saturated heterocycles. The van der Waals surface area contributed by atoms with Crippen LogP contribution in [-0.4, -0.2) is 29.0 Å². The van der Waals surface area contributed by atoms with E-state index in [1.807, 2.05) is 19.1 Å². The molecule has 1 aromatic rings. The van der Waals surface area contributed by atoms with Crippen molar-refractivity contribution in [3.8, 4) is 0 Å². The highest BCUT2D eigenvalue weighted by atomic mass is 16.5. The van der Waals surface area contributed by atoms with Gasteiger partial charge in [0, 0.05) is 17.2 Å². The number of ether oxygens (including phenoxy) is 1. The lowest BCUT2D eigenvalue weighted by Gasteiger charge is -2.46. The van der Waals surface area contributed by atoms with Gasteiger partial charge in [-0.25, -0.2) is 0 Å². The summed E-state index contributed by atoms with van der Waals surface area (Å²) in [6, 6.07) is 6.56. The van der Waals surface area contributed by atoms with Crippen molar-refractivity contribution in [1.82, 2.24) is 0 Å². The van der Waals surface area contributed by atoms with Crippen molar-refractivity contribution in [3.05, 3.63) is 65.5 Å². The van der Waals surface area contributed by atoms with Crippen LogP contribution in [0.3, 0.4) is 0 Å². The van der Waals surface area contributed by atoms with E-state index >= 15 is 0 Å². The first-order chi connectivity index (χ1) is 13.2. The third-order valence-electron chi connectivity index (χ3n) is 5.77. The summed E-state index contributed by atoms with van der Waals surface area (Å²) in [5, 5.41) is 23.1. The molecule has 2 aliphatic heterocycles. The van der Waals surface area contributed by atoms with E-state index in [-0.39, 0.29) is 41.9 Å². The summed E-state index contributed by atoms with van der Waals surface area (Å²) < 4.78 is 6.37. The van der Waals surface area contributed by atoms with Gasteiger partial charge in [-0.15, -0.1) is 0 Å². The fraction of sp³-hybridized carbons (Fsp3) is 0.500. The molecule has 0 saturated carbocycles. The zero-order valence-corrected chi connectivity index (χ0v) is 17.4. The number of rotatable bonds is 4. The second kappa shape index (κ2) is 8.14. The molecule has 28 heavy (non-hydrogen) atoms. The number of nitrogens with one attached hydrogen (secondary N) is 1. The Labute approximate surface area is 168 Å². The van der Waals surface area contributed by atoms with Gasteiger partial charge in [0.05, 0.1) is 24.9 Å². The summed E-state index contributed by atoms with van der Waals surface area (Å²) >= 11 is 0. The number of hydrogen-bond acceptors (Lipinski definition) is 4. The number of allylic oxidation sites excluding steroid dienone is 2. The Morgan fingerprint density at radius 2 is 2.07 bits per heavy atom. The Kier molecular flexibility index (Phi) is 6.01. The van der Waals surface area contributed by atoms with E-state index in [9.17, 15) is 10.2 Å². The molecule has 1 fully saturated rings. The van der Waals surface area contributed by atoms with Gasteiger partial charge in [-0.05, 0) is 48.5 Å². The molecule has 0 bridgehead atoms. The van der Waals surface area contributed by atoms with Crippen LogP contribution in [0.1, 0.15) is 57.8 Å². The van der Waals surface area contributed by atoms with E-state index in [1.54, 1.807) is 6.08 Å². The van der Waals surface area contributed by atoms with Gasteiger partial charge in [0.25, 0.3) is 0 Å². The number of benzene rings is 1. The zero-order chi connectivity index (χ0) is 20.5. The highest BCUT2D eigenvalue weighted by molar-refractivity contribution is 5.60. The molecule has 2 heterocycles. The molecule has 3 N–H and O–H groups in total. The normalized spacial score (nSPS) is 27.8. The topological polar surface area (TPSA) is 61.7 Å². The quantitative estimate of drug-likeness (QED) is 0.495. The standard InChI is InChI=1S/C24H33NO3/c1-6-7-16(12-15(2)27)22-19-10-9-18(14-26)28-23(19)20-13-17(24(3,4)5)8-11-21(20)25-22/h6-8,11-13,18-19,22-23,25-27H,2,9-10,14H2,1,3-5H3/b7-6-,16-12+. The van der Waals surface area contributed by atoms with Crippen molar-refractivity contribution in [1.29, 1.82) is 0 Å². The third-order valence-corrected chi connectivity index (χ3v) is 5.77. The summed E-state index contributed by atoms with van der Waals surface area (Å²) in [6.07, 6.45) is 7.27. The van der Waals surface area contributed by atoms with Gasteiger partial charge in [0.15, 0.2) is 0 Å². The fourth-order valence-corrected chi connectivity index (χ4v) is 4.31. The van der Waals surface area contributed by atoms with E-state index < -0.39 is 0 Å². The van der Waals surface area contributed by atoms with Crippen molar-refractivity contribution in [3.63, 3.8) is 0 Å². The van der Waals surface area contributed by atoms with Crippen molar-refractivity contribution >= 4 is 5.69 Å². The number of aliphatic hydroxyl groups excluding tert-OH is 2. The Morgan fingerprint density at radius 3 is 2.68 bits per heavy atom. The lowest BCUT2D eigenvalue weighted by atomic mass is 9.74. The molecule has 0 aromatic heterocycles. The van der Waals surface area contributed by atoms with Crippen LogP contribution in [-0.2, 0) is 10.2 Å². The molecule has 3 rings (SSSR count). The SMILES string of the molecule is C=C(O)/C=C(\C=C/C)C1Nc2ccc(C(C)(C)C)cc2C2OC(CO)CCC12. The largest absolute Gasteiger partial charge is 0.509 e. The first-order valence-electron chi connectivity index (χ1n) is 10.1. The molecule has 4 heteroatoms. The molecule has 4 nitrogen and oxygen atoms in total. The van der Waals surface area contributed by atoms with Gasteiger partial charge < -0.3 is 20.3 Å². The predicted molar refractivity (Wildman–Crippen MR) is 115 cm³/mol. The second-order valence-electron chi connectivity index (χ2n) is 8.91. The van der Waals surface area contributed by atoms with E-state index in [0.29, 0.717) is 0 Å². The maximum absolute atomic E-state index is 9.78. The molecule has 152 valence electrons. The third kappa shape index (κ3) is 4.18. The Hall–Kier alpha value is -2.04. The van der Waals surface area contributed by atoms with Crippen LogP contribution in [0.4, 0.5) is 5.69 Å². The van der Waals surface area contributed by atoms with E-state index in [4.69, 9.17) is 4.74 Å². The van der Waals surface area contributed by atoms with Gasteiger partial charge in [-0.3, -0.25) is 0 Å². The lowest BCUT2D eigenvalue weighted by molar-refractivity contribution is -0.107. The minimum absolute atomic E-state index is 0.0118. The molecule has 0 radical (unpaired) electrons. The van der Waals surface area contributed by atoms with Crippen LogP contribution in [0.2, 0.25) is 0 Å². The zero-order valence-electron chi connectivity index (χ0n) is 17.4. The van der Waals surface area contributed by atoms with Crippen LogP contribution in [0, 0.1) is 5.92 Å². The molecule has 1 aromatic carbocycles. The van der Waals surface area contributed by atoms with Gasteiger partial charge >= 0.3 is 0 Å². The number of aliphatic hydroxyl groups is 2. The van der Waals surface area contributed by atoms with Crippen LogP contribution < -0.4 is 5.32 Å². The molecule has 4 atom stereocenters. The Morgan fingerprint density at radius 1 is 1.32 bits per heavy atom. The van der Waals surface area contributed by atoms with Crippen LogP contribution in [0.5, 0.6) is 0 Å². The fourth-order valence-electron chi connectivity index (χ4n) is 4.31. The van der Waals surface area contributed by atoms with E-state index in [2.05, 4.69) is 50.9 Å².